The number of methoxy groups -OCH3 is 1. The van der Waals surface area contributed by atoms with E-state index < -0.39 is 38.3 Å². The summed E-state index contributed by atoms with van der Waals surface area (Å²) in [4.78, 5) is -0.698. The van der Waals surface area contributed by atoms with Crippen molar-refractivity contribution in [2.75, 3.05) is 26.0 Å². The first-order valence-corrected chi connectivity index (χ1v) is 7.99. The number of likely N-dealkylation sites (N-methyl/N-ethyl adjacent to an activating group) is 1. The molecule has 0 heterocycles. The molecule has 0 saturated carbocycles. The molecule has 21 heavy (non-hydrogen) atoms. The summed E-state index contributed by atoms with van der Waals surface area (Å²) in [6.07, 6.45) is -4.71. The van der Waals surface area contributed by atoms with Gasteiger partial charge in [0.1, 0.15) is 0 Å². The van der Waals surface area contributed by atoms with Gasteiger partial charge in [-0.15, -0.1) is 0 Å². The Morgan fingerprint density at radius 3 is 2.43 bits per heavy atom. The van der Waals surface area contributed by atoms with Crippen LogP contribution in [0.2, 0.25) is 0 Å². The van der Waals surface area contributed by atoms with Crippen LogP contribution in [0.5, 0.6) is 0 Å². The number of halogens is 3. The van der Waals surface area contributed by atoms with E-state index in [4.69, 9.17) is 4.74 Å². The SMILES string of the molecule is CCNC(COC)CS(=O)(=O)c1ccccc1C(F)(F)F. The van der Waals surface area contributed by atoms with Crippen LogP contribution in [0.4, 0.5) is 13.2 Å². The lowest BCUT2D eigenvalue weighted by atomic mass is 10.2. The third-order valence-electron chi connectivity index (χ3n) is 2.81. The van der Waals surface area contributed by atoms with Gasteiger partial charge >= 0.3 is 6.18 Å². The Bertz CT molecular complexity index is 552. The molecule has 1 atom stereocenters. The molecule has 1 rings (SSSR count). The Hall–Kier alpha value is -1.12. The molecule has 4 nitrogen and oxygen atoms in total. The second-order valence-electron chi connectivity index (χ2n) is 4.49. The second kappa shape index (κ2) is 7.24. The second-order valence-corrected chi connectivity index (χ2v) is 6.49. The molecule has 0 fully saturated rings. The summed E-state index contributed by atoms with van der Waals surface area (Å²) in [5, 5.41) is 2.88. The minimum atomic E-state index is -4.71. The van der Waals surface area contributed by atoms with E-state index in [1.807, 2.05) is 0 Å². The van der Waals surface area contributed by atoms with E-state index >= 15 is 0 Å². The molecule has 0 aromatic heterocycles. The molecule has 0 spiro atoms. The molecule has 8 heteroatoms. The molecule has 0 aliphatic rings. The van der Waals surface area contributed by atoms with E-state index in [1.54, 1.807) is 6.92 Å². The molecular formula is C13H18F3NO3S. The third-order valence-corrected chi connectivity index (χ3v) is 4.68. The van der Waals surface area contributed by atoms with Crippen molar-refractivity contribution in [1.29, 1.82) is 0 Å². The lowest BCUT2D eigenvalue weighted by molar-refractivity contribution is -0.139. The van der Waals surface area contributed by atoms with Crippen molar-refractivity contribution in [2.24, 2.45) is 0 Å². The summed E-state index contributed by atoms with van der Waals surface area (Å²) in [5.41, 5.74) is -1.14. The van der Waals surface area contributed by atoms with Gasteiger partial charge in [-0.05, 0) is 18.7 Å². The van der Waals surface area contributed by atoms with E-state index in [1.165, 1.54) is 19.2 Å². The first-order chi connectivity index (χ1) is 9.72. The molecule has 0 aliphatic carbocycles. The van der Waals surface area contributed by atoms with Crippen LogP contribution < -0.4 is 5.32 Å². The van der Waals surface area contributed by atoms with Crippen molar-refractivity contribution in [1.82, 2.24) is 5.32 Å². The van der Waals surface area contributed by atoms with E-state index in [2.05, 4.69) is 5.32 Å². The number of hydrogen-bond acceptors (Lipinski definition) is 4. The van der Waals surface area contributed by atoms with E-state index in [0.717, 1.165) is 12.1 Å². The summed E-state index contributed by atoms with van der Waals surface area (Å²) >= 11 is 0. The fraction of sp³-hybridized carbons (Fsp3) is 0.538. The Morgan fingerprint density at radius 2 is 1.90 bits per heavy atom. The van der Waals surface area contributed by atoms with Crippen LogP contribution >= 0.6 is 0 Å². The van der Waals surface area contributed by atoms with Crippen LogP contribution in [0, 0.1) is 0 Å². The van der Waals surface area contributed by atoms with Crippen LogP contribution in [0.15, 0.2) is 29.2 Å². The summed E-state index contributed by atoms with van der Waals surface area (Å²) < 4.78 is 68.1. The average Bonchev–Trinajstić information content (AvgIpc) is 2.38. The van der Waals surface area contributed by atoms with E-state index in [9.17, 15) is 21.6 Å². The van der Waals surface area contributed by atoms with Gasteiger partial charge in [-0.1, -0.05) is 19.1 Å². The fourth-order valence-electron chi connectivity index (χ4n) is 1.98. The molecule has 0 bridgehead atoms. The minimum Gasteiger partial charge on any atom is -0.383 e. The molecule has 1 N–H and O–H groups in total. The van der Waals surface area contributed by atoms with Gasteiger partial charge < -0.3 is 10.1 Å². The Labute approximate surface area is 122 Å². The van der Waals surface area contributed by atoms with Gasteiger partial charge in [-0.2, -0.15) is 13.2 Å². The van der Waals surface area contributed by atoms with Gasteiger partial charge in [0.15, 0.2) is 9.84 Å². The maximum atomic E-state index is 12.9. The van der Waals surface area contributed by atoms with Crippen molar-refractivity contribution >= 4 is 9.84 Å². The summed E-state index contributed by atoms with van der Waals surface area (Å²) in [6, 6.07) is 3.63. The number of nitrogens with one attached hydrogen (secondary N) is 1. The molecule has 0 radical (unpaired) electrons. The van der Waals surface area contributed by atoms with Gasteiger partial charge in [-0.25, -0.2) is 8.42 Å². The Morgan fingerprint density at radius 1 is 1.29 bits per heavy atom. The average molecular weight is 325 g/mol. The molecule has 1 aromatic carbocycles. The Kier molecular flexibility index (Phi) is 6.18. The topological polar surface area (TPSA) is 55.4 Å². The number of rotatable bonds is 7. The zero-order chi connectivity index (χ0) is 16.1. The van der Waals surface area contributed by atoms with E-state index in [-0.39, 0.29) is 6.61 Å². The van der Waals surface area contributed by atoms with Crippen molar-refractivity contribution in [3.63, 3.8) is 0 Å². The standard InChI is InChI=1S/C13H18F3NO3S/c1-3-17-10(8-20-2)9-21(18,19)12-7-5-4-6-11(12)13(14,15)16/h4-7,10,17H,3,8-9H2,1-2H3. The molecular weight excluding hydrogens is 307 g/mol. The molecule has 1 aromatic rings. The third kappa shape index (κ3) is 4.98. The lowest BCUT2D eigenvalue weighted by Gasteiger charge is -2.19. The van der Waals surface area contributed by atoms with Crippen molar-refractivity contribution < 1.29 is 26.3 Å². The number of ether oxygens (including phenoxy) is 1. The first-order valence-electron chi connectivity index (χ1n) is 6.33. The zero-order valence-electron chi connectivity index (χ0n) is 11.8. The molecule has 0 amide bonds. The van der Waals surface area contributed by atoms with Crippen molar-refractivity contribution in [3.8, 4) is 0 Å². The van der Waals surface area contributed by atoms with Crippen LogP contribution in [0.25, 0.3) is 0 Å². The van der Waals surface area contributed by atoms with Gasteiger partial charge in [0, 0.05) is 13.2 Å². The van der Waals surface area contributed by atoms with Crippen molar-refractivity contribution in [2.45, 2.75) is 24.0 Å². The predicted molar refractivity (Wildman–Crippen MR) is 72.8 cm³/mol. The highest BCUT2D eigenvalue weighted by Gasteiger charge is 2.37. The zero-order valence-corrected chi connectivity index (χ0v) is 12.6. The normalized spacial score (nSPS) is 14.1. The van der Waals surface area contributed by atoms with Crippen LogP contribution in [-0.4, -0.2) is 40.5 Å². The maximum absolute atomic E-state index is 12.9. The van der Waals surface area contributed by atoms with Gasteiger partial charge in [0.05, 0.1) is 22.8 Å². The van der Waals surface area contributed by atoms with Crippen LogP contribution in [0.1, 0.15) is 12.5 Å². The quantitative estimate of drug-likeness (QED) is 0.834. The monoisotopic (exact) mass is 325 g/mol. The number of benzene rings is 1. The first kappa shape index (κ1) is 17.9. The number of alkyl halides is 3. The molecule has 0 saturated heterocycles. The molecule has 1 unspecified atom stereocenters. The van der Waals surface area contributed by atoms with Gasteiger partial charge in [-0.3, -0.25) is 0 Å². The number of hydrogen-bond donors (Lipinski definition) is 1. The summed E-state index contributed by atoms with van der Waals surface area (Å²) in [7, 11) is -2.68. The van der Waals surface area contributed by atoms with Crippen molar-refractivity contribution in [3.05, 3.63) is 29.8 Å². The Balaban J connectivity index is 3.13. The summed E-state index contributed by atoms with van der Waals surface area (Å²) in [6.45, 7) is 2.37. The summed E-state index contributed by atoms with van der Waals surface area (Å²) in [5.74, 6) is -0.457. The van der Waals surface area contributed by atoms with Crippen LogP contribution in [-0.2, 0) is 20.8 Å². The minimum absolute atomic E-state index is 0.0985. The highest BCUT2D eigenvalue weighted by molar-refractivity contribution is 7.91. The predicted octanol–water partition coefficient (Wildman–Crippen LogP) is 2.10. The van der Waals surface area contributed by atoms with E-state index in [0.29, 0.717) is 6.54 Å². The molecule has 120 valence electrons. The van der Waals surface area contributed by atoms with Crippen LogP contribution in [0.3, 0.4) is 0 Å². The van der Waals surface area contributed by atoms with Gasteiger partial charge in [0.25, 0.3) is 0 Å². The largest absolute Gasteiger partial charge is 0.417 e. The maximum Gasteiger partial charge on any atom is 0.417 e. The van der Waals surface area contributed by atoms with Gasteiger partial charge in [0.2, 0.25) is 0 Å². The highest BCUT2D eigenvalue weighted by Crippen LogP contribution is 2.34. The molecule has 0 aliphatic heterocycles. The number of sulfone groups is 1. The highest BCUT2D eigenvalue weighted by atomic mass is 32.2. The lowest BCUT2D eigenvalue weighted by Crippen LogP contribution is -2.39. The smallest absolute Gasteiger partial charge is 0.383 e. The fourth-order valence-corrected chi connectivity index (χ4v) is 3.71.